The van der Waals surface area contributed by atoms with Crippen molar-refractivity contribution in [3.8, 4) is 5.75 Å². The average Bonchev–Trinajstić information content (AvgIpc) is 2.60. The smallest absolute Gasteiger partial charge is 0.308 e. The van der Waals surface area contributed by atoms with Crippen LogP contribution in [0.3, 0.4) is 0 Å². The summed E-state index contributed by atoms with van der Waals surface area (Å²) in [6, 6.07) is 7.23. The van der Waals surface area contributed by atoms with E-state index in [1.54, 1.807) is 21.9 Å². The summed E-state index contributed by atoms with van der Waals surface area (Å²) < 4.78 is 5.38. The lowest BCUT2D eigenvalue weighted by molar-refractivity contribution is -0.145. The van der Waals surface area contributed by atoms with Crippen LogP contribution in [0.5, 0.6) is 5.75 Å². The van der Waals surface area contributed by atoms with Crippen LogP contribution in [0.15, 0.2) is 24.3 Å². The number of anilines is 1. The number of para-hydroxylation sites is 2. The molecule has 0 radical (unpaired) electrons. The molecular formula is C17H20N2O5. The molecule has 2 amide bonds. The van der Waals surface area contributed by atoms with E-state index in [1.165, 1.54) is 0 Å². The van der Waals surface area contributed by atoms with Gasteiger partial charge in [-0.15, -0.1) is 0 Å². The van der Waals surface area contributed by atoms with Gasteiger partial charge in [0.15, 0.2) is 6.61 Å². The zero-order valence-electron chi connectivity index (χ0n) is 13.3. The predicted octanol–water partition coefficient (Wildman–Crippen LogP) is 1.13. The monoisotopic (exact) mass is 332 g/mol. The third-order valence-corrected chi connectivity index (χ3v) is 4.48. The van der Waals surface area contributed by atoms with Crippen LogP contribution in [-0.2, 0) is 14.4 Å². The number of amides is 2. The Morgan fingerprint density at radius 2 is 2.08 bits per heavy atom. The Hall–Kier alpha value is -2.57. The molecule has 1 N–H and O–H groups in total. The van der Waals surface area contributed by atoms with Gasteiger partial charge in [-0.2, -0.15) is 0 Å². The highest BCUT2D eigenvalue weighted by Gasteiger charge is 2.30. The maximum absolute atomic E-state index is 12.4. The minimum atomic E-state index is -0.857. The predicted molar refractivity (Wildman–Crippen MR) is 85.8 cm³/mol. The van der Waals surface area contributed by atoms with E-state index >= 15 is 0 Å². The summed E-state index contributed by atoms with van der Waals surface area (Å²) in [4.78, 5) is 38.7. The number of carbonyl (C=O) groups excluding carboxylic acids is 2. The molecule has 1 atom stereocenters. The van der Waals surface area contributed by atoms with E-state index in [0.717, 1.165) is 0 Å². The fraction of sp³-hybridized carbons (Fsp3) is 0.471. The Balaban J connectivity index is 1.62. The summed E-state index contributed by atoms with van der Waals surface area (Å²) >= 11 is 0. The van der Waals surface area contributed by atoms with Crippen molar-refractivity contribution in [1.82, 2.24) is 4.90 Å². The van der Waals surface area contributed by atoms with Crippen molar-refractivity contribution in [2.75, 3.05) is 31.1 Å². The highest BCUT2D eigenvalue weighted by atomic mass is 16.5. The van der Waals surface area contributed by atoms with Gasteiger partial charge in [0.25, 0.3) is 5.91 Å². The first-order valence-corrected chi connectivity index (χ1v) is 8.09. The Labute approximate surface area is 139 Å². The first-order chi connectivity index (χ1) is 11.6. The molecule has 3 rings (SSSR count). The largest absolute Gasteiger partial charge is 0.482 e. The van der Waals surface area contributed by atoms with Crippen molar-refractivity contribution in [1.29, 1.82) is 0 Å². The summed E-state index contributed by atoms with van der Waals surface area (Å²) in [7, 11) is 0. The number of rotatable bonds is 4. The van der Waals surface area contributed by atoms with Crippen molar-refractivity contribution < 1.29 is 24.2 Å². The standard InChI is InChI=1S/C17H20N2O5/c20-15(18-8-3-4-12(10-18)17(22)23)7-9-19-13-5-1-2-6-14(13)24-11-16(19)21/h1-2,5-6,12H,3-4,7-11H2,(H,22,23). The molecule has 1 fully saturated rings. The lowest BCUT2D eigenvalue weighted by atomic mass is 9.98. The quantitative estimate of drug-likeness (QED) is 0.893. The zero-order chi connectivity index (χ0) is 17.1. The normalized spacial score (nSPS) is 20.3. The second-order valence-corrected chi connectivity index (χ2v) is 6.07. The third-order valence-electron chi connectivity index (χ3n) is 4.48. The van der Waals surface area contributed by atoms with Gasteiger partial charge in [-0.25, -0.2) is 0 Å². The second kappa shape index (κ2) is 6.90. The number of carboxylic acids is 1. The van der Waals surface area contributed by atoms with E-state index in [1.807, 2.05) is 12.1 Å². The van der Waals surface area contributed by atoms with Crippen LogP contribution in [0.1, 0.15) is 19.3 Å². The number of likely N-dealkylation sites (tertiary alicyclic amines) is 1. The fourth-order valence-corrected chi connectivity index (χ4v) is 3.17. The number of ether oxygens (including phenoxy) is 1. The maximum Gasteiger partial charge on any atom is 0.308 e. The van der Waals surface area contributed by atoms with Crippen LogP contribution in [0.2, 0.25) is 0 Å². The van der Waals surface area contributed by atoms with E-state index in [4.69, 9.17) is 9.84 Å². The summed E-state index contributed by atoms with van der Waals surface area (Å²) in [6.45, 7) is 1.07. The van der Waals surface area contributed by atoms with Gasteiger partial charge in [-0.1, -0.05) is 12.1 Å². The van der Waals surface area contributed by atoms with Gasteiger partial charge < -0.3 is 19.6 Å². The van der Waals surface area contributed by atoms with Gasteiger partial charge >= 0.3 is 5.97 Å². The molecule has 1 unspecified atom stereocenters. The van der Waals surface area contributed by atoms with Gasteiger partial charge in [0.1, 0.15) is 5.75 Å². The maximum atomic E-state index is 12.4. The minimum absolute atomic E-state index is 0.0317. The topological polar surface area (TPSA) is 87.2 Å². The van der Waals surface area contributed by atoms with Crippen molar-refractivity contribution in [2.24, 2.45) is 5.92 Å². The molecule has 0 spiro atoms. The van der Waals surface area contributed by atoms with Crippen molar-refractivity contribution >= 4 is 23.5 Å². The zero-order valence-corrected chi connectivity index (χ0v) is 13.3. The Morgan fingerprint density at radius 3 is 2.88 bits per heavy atom. The first-order valence-electron chi connectivity index (χ1n) is 8.09. The second-order valence-electron chi connectivity index (χ2n) is 6.07. The molecule has 1 aromatic rings. The molecule has 2 aliphatic heterocycles. The van der Waals surface area contributed by atoms with Crippen LogP contribution >= 0.6 is 0 Å². The van der Waals surface area contributed by atoms with Crippen LogP contribution in [0.4, 0.5) is 5.69 Å². The fourth-order valence-electron chi connectivity index (χ4n) is 3.17. The highest BCUT2D eigenvalue weighted by molar-refractivity contribution is 5.98. The Morgan fingerprint density at radius 1 is 1.29 bits per heavy atom. The molecule has 1 saturated heterocycles. The summed E-state index contributed by atoms with van der Waals surface area (Å²) in [6.07, 6.45) is 1.48. The van der Waals surface area contributed by atoms with E-state index in [9.17, 15) is 14.4 Å². The molecule has 0 bridgehead atoms. The van der Waals surface area contributed by atoms with Crippen LogP contribution in [0.25, 0.3) is 0 Å². The van der Waals surface area contributed by atoms with Crippen molar-refractivity contribution in [2.45, 2.75) is 19.3 Å². The number of hydrogen-bond acceptors (Lipinski definition) is 4. The number of piperidine rings is 1. The Bertz CT molecular complexity index is 660. The lowest BCUT2D eigenvalue weighted by Gasteiger charge is -2.32. The van der Waals surface area contributed by atoms with E-state index < -0.39 is 11.9 Å². The molecule has 2 aliphatic rings. The summed E-state index contributed by atoms with van der Waals surface area (Å²) in [5, 5.41) is 9.11. The lowest BCUT2D eigenvalue weighted by Crippen LogP contribution is -2.45. The van der Waals surface area contributed by atoms with E-state index in [2.05, 4.69) is 0 Å². The van der Waals surface area contributed by atoms with E-state index in [0.29, 0.717) is 30.8 Å². The molecular weight excluding hydrogens is 312 g/mol. The molecule has 7 nitrogen and oxygen atoms in total. The molecule has 1 aromatic carbocycles. The van der Waals surface area contributed by atoms with Crippen molar-refractivity contribution in [3.05, 3.63) is 24.3 Å². The van der Waals surface area contributed by atoms with Gasteiger partial charge in [0, 0.05) is 26.1 Å². The highest BCUT2D eigenvalue weighted by Crippen LogP contribution is 2.31. The Kier molecular flexibility index (Phi) is 4.69. The van der Waals surface area contributed by atoms with Gasteiger partial charge in [-0.05, 0) is 25.0 Å². The van der Waals surface area contributed by atoms with Crippen LogP contribution < -0.4 is 9.64 Å². The summed E-state index contributed by atoms with van der Waals surface area (Å²) in [5.74, 6) is -1.01. The molecule has 0 aromatic heterocycles. The van der Waals surface area contributed by atoms with Gasteiger partial charge in [-0.3, -0.25) is 14.4 Å². The van der Waals surface area contributed by atoms with Crippen LogP contribution in [-0.4, -0.2) is 54.0 Å². The molecule has 0 saturated carbocycles. The molecule has 0 aliphatic carbocycles. The molecule has 7 heteroatoms. The number of aliphatic carboxylic acids is 1. The first kappa shape index (κ1) is 16.3. The number of hydrogen-bond donors (Lipinski definition) is 1. The molecule has 2 heterocycles. The number of fused-ring (bicyclic) bond motifs is 1. The van der Waals surface area contributed by atoms with E-state index in [-0.39, 0.29) is 37.9 Å². The minimum Gasteiger partial charge on any atom is -0.482 e. The average molecular weight is 332 g/mol. The third kappa shape index (κ3) is 3.34. The van der Waals surface area contributed by atoms with Gasteiger partial charge in [0.2, 0.25) is 5.91 Å². The van der Waals surface area contributed by atoms with Gasteiger partial charge in [0.05, 0.1) is 11.6 Å². The molecule has 24 heavy (non-hydrogen) atoms. The number of carboxylic acid groups (broad SMARTS) is 1. The number of carbonyl (C=O) groups is 3. The molecule has 128 valence electrons. The van der Waals surface area contributed by atoms with Crippen LogP contribution in [0, 0.1) is 5.92 Å². The van der Waals surface area contributed by atoms with Crippen molar-refractivity contribution in [3.63, 3.8) is 0 Å². The SMILES string of the molecule is O=C(O)C1CCCN(C(=O)CCN2C(=O)COc3ccccc32)C1. The summed E-state index contributed by atoms with van der Waals surface area (Å²) in [5.41, 5.74) is 0.670. The number of nitrogens with zero attached hydrogens (tertiary/aromatic N) is 2. The number of benzene rings is 1.